The molecule has 0 aromatic heterocycles. The van der Waals surface area contributed by atoms with E-state index in [1.165, 1.54) is 4.31 Å². The van der Waals surface area contributed by atoms with Crippen molar-refractivity contribution in [3.8, 4) is 5.75 Å². The summed E-state index contributed by atoms with van der Waals surface area (Å²) in [6.45, 7) is 4.68. The summed E-state index contributed by atoms with van der Waals surface area (Å²) in [7, 11) is -1.43. The van der Waals surface area contributed by atoms with E-state index in [0.717, 1.165) is 18.8 Å². The van der Waals surface area contributed by atoms with Crippen molar-refractivity contribution < 1.29 is 17.9 Å². The Balaban J connectivity index is 1.39. The van der Waals surface area contributed by atoms with E-state index in [0.29, 0.717) is 58.7 Å². The van der Waals surface area contributed by atoms with Gasteiger partial charge in [-0.05, 0) is 25.6 Å². The molecule has 1 aromatic rings. The third-order valence-corrected chi connectivity index (χ3v) is 7.29. The van der Waals surface area contributed by atoms with E-state index in [1.807, 2.05) is 37.4 Å². The maximum absolute atomic E-state index is 12.8. The minimum atomic E-state index is -3.43. The lowest BCUT2D eigenvalue weighted by Crippen LogP contribution is -2.57. The molecule has 0 N–H and O–H groups in total. The van der Waals surface area contributed by atoms with Gasteiger partial charge in [-0.15, -0.1) is 0 Å². The van der Waals surface area contributed by atoms with E-state index in [4.69, 9.17) is 4.74 Å². The molecule has 28 heavy (non-hydrogen) atoms. The lowest BCUT2D eigenvalue weighted by Gasteiger charge is -2.39. The van der Waals surface area contributed by atoms with Gasteiger partial charge in [-0.1, -0.05) is 18.2 Å². The predicted octanol–water partition coefficient (Wildman–Crippen LogP) is 0.482. The van der Waals surface area contributed by atoms with Crippen LogP contribution in [-0.4, -0.2) is 98.7 Å². The molecular formula is C19H30N4O4S. The highest BCUT2D eigenvalue weighted by molar-refractivity contribution is 7.86. The minimum absolute atomic E-state index is 0.0632. The molecule has 9 heteroatoms. The summed E-state index contributed by atoms with van der Waals surface area (Å²) >= 11 is 0. The van der Waals surface area contributed by atoms with Crippen molar-refractivity contribution >= 4 is 16.1 Å². The molecule has 0 aliphatic carbocycles. The Bertz CT molecular complexity index is 728. The smallest absolute Gasteiger partial charge is 0.282 e. The van der Waals surface area contributed by atoms with Gasteiger partial charge < -0.3 is 14.5 Å². The summed E-state index contributed by atoms with van der Waals surface area (Å²) in [5.41, 5.74) is 0. The molecule has 0 radical (unpaired) electrons. The molecule has 0 unspecified atom stereocenters. The quantitative estimate of drug-likeness (QED) is 0.612. The number of benzene rings is 1. The molecule has 0 bridgehead atoms. The highest BCUT2D eigenvalue weighted by atomic mass is 32.2. The Morgan fingerprint density at radius 3 is 2.11 bits per heavy atom. The van der Waals surface area contributed by atoms with Crippen LogP contribution in [0.15, 0.2) is 30.3 Å². The fraction of sp³-hybridized carbons (Fsp3) is 0.632. The number of para-hydroxylation sites is 1. The number of ether oxygens (including phenoxy) is 1. The Morgan fingerprint density at radius 2 is 1.50 bits per heavy atom. The molecule has 0 spiro atoms. The molecule has 2 aliphatic rings. The van der Waals surface area contributed by atoms with Gasteiger partial charge >= 0.3 is 0 Å². The minimum Gasteiger partial charge on any atom is -0.494 e. The van der Waals surface area contributed by atoms with E-state index < -0.39 is 10.2 Å². The van der Waals surface area contributed by atoms with Crippen LogP contribution in [0.3, 0.4) is 0 Å². The molecule has 8 nitrogen and oxygen atoms in total. The summed E-state index contributed by atoms with van der Waals surface area (Å²) in [6.07, 6.45) is 1.06. The Hall–Kier alpha value is -1.68. The lowest BCUT2D eigenvalue weighted by atomic mass is 10.2. The summed E-state index contributed by atoms with van der Waals surface area (Å²) in [6, 6.07) is 9.54. The maximum Gasteiger partial charge on any atom is 0.282 e. The number of carbonyl (C=O) groups excluding carboxylic acids is 1. The van der Waals surface area contributed by atoms with Gasteiger partial charge in [0.2, 0.25) is 5.91 Å². The lowest BCUT2D eigenvalue weighted by molar-refractivity contribution is -0.132. The van der Waals surface area contributed by atoms with Gasteiger partial charge in [-0.3, -0.25) is 4.79 Å². The average Bonchev–Trinajstić information content (AvgIpc) is 2.72. The molecule has 1 aromatic carbocycles. The molecule has 156 valence electrons. The monoisotopic (exact) mass is 410 g/mol. The SMILES string of the molecule is CN1CCN(S(=O)(=O)N2CCN(C(=O)CCCOc3ccccc3)CC2)CC1. The molecule has 2 aliphatic heterocycles. The summed E-state index contributed by atoms with van der Waals surface area (Å²) in [4.78, 5) is 16.3. The van der Waals surface area contributed by atoms with Crippen LogP contribution in [0.4, 0.5) is 0 Å². The second-order valence-corrected chi connectivity index (χ2v) is 9.18. The zero-order chi connectivity index (χ0) is 20.0. The second-order valence-electron chi connectivity index (χ2n) is 7.26. The van der Waals surface area contributed by atoms with Crippen LogP contribution in [0.25, 0.3) is 0 Å². The van der Waals surface area contributed by atoms with Crippen LogP contribution < -0.4 is 4.74 Å². The van der Waals surface area contributed by atoms with Crippen molar-refractivity contribution in [2.24, 2.45) is 0 Å². The van der Waals surface area contributed by atoms with Crippen molar-refractivity contribution in [2.75, 3.05) is 66.0 Å². The normalized spacial score (nSPS) is 20.2. The zero-order valence-electron chi connectivity index (χ0n) is 16.5. The summed E-state index contributed by atoms with van der Waals surface area (Å²) in [5, 5.41) is 0. The highest BCUT2D eigenvalue weighted by Crippen LogP contribution is 2.15. The summed E-state index contributed by atoms with van der Waals surface area (Å²) in [5.74, 6) is 0.867. The summed E-state index contributed by atoms with van der Waals surface area (Å²) < 4.78 is 34.3. The van der Waals surface area contributed by atoms with Crippen LogP contribution in [-0.2, 0) is 15.0 Å². The second kappa shape index (κ2) is 9.69. The van der Waals surface area contributed by atoms with Gasteiger partial charge in [0.05, 0.1) is 6.61 Å². The van der Waals surface area contributed by atoms with E-state index >= 15 is 0 Å². The largest absolute Gasteiger partial charge is 0.494 e. The Kier molecular flexibility index (Phi) is 7.28. The number of carbonyl (C=O) groups is 1. The number of hydrogen-bond donors (Lipinski definition) is 0. The van der Waals surface area contributed by atoms with Gasteiger partial charge in [0.1, 0.15) is 5.75 Å². The number of likely N-dealkylation sites (N-methyl/N-ethyl adjacent to an activating group) is 1. The molecule has 0 saturated carbocycles. The molecule has 2 saturated heterocycles. The van der Waals surface area contributed by atoms with E-state index in [-0.39, 0.29) is 5.91 Å². The third kappa shape index (κ3) is 5.44. The van der Waals surface area contributed by atoms with Gasteiger partial charge in [0, 0.05) is 58.8 Å². The fourth-order valence-corrected chi connectivity index (χ4v) is 5.01. The molecule has 2 heterocycles. The third-order valence-electron chi connectivity index (χ3n) is 5.25. The Labute approximate surface area is 167 Å². The van der Waals surface area contributed by atoms with Crippen molar-refractivity contribution in [3.63, 3.8) is 0 Å². The first-order chi connectivity index (χ1) is 13.5. The number of rotatable bonds is 7. The van der Waals surface area contributed by atoms with Gasteiger partial charge in [-0.25, -0.2) is 0 Å². The van der Waals surface area contributed by atoms with Crippen LogP contribution in [0, 0.1) is 0 Å². The number of nitrogens with zero attached hydrogens (tertiary/aromatic N) is 4. The van der Waals surface area contributed by atoms with Crippen LogP contribution in [0.1, 0.15) is 12.8 Å². The average molecular weight is 411 g/mol. The highest BCUT2D eigenvalue weighted by Gasteiger charge is 2.34. The van der Waals surface area contributed by atoms with E-state index in [2.05, 4.69) is 4.90 Å². The fourth-order valence-electron chi connectivity index (χ4n) is 3.44. The van der Waals surface area contributed by atoms with E-state index in [1.54, 1.807) is 9.21 Å². The topological polar surface area (TPSA) is 73.4 Å². The first-order valence-corrected chi connectivity index (χ1v) is 11.3. The number of piperazine rings is 2. The maximum atomic E-state index is 12.8. The molecule has 0 atom stereocenters. The van der Waals surface area contributed by atoms with E-state index in [9.17, 15) is 13.2 Å². The molecule has 2 fully saturated rings. The molecular weight excluding hydrogens is 380 g/mol. The van der Waals surface area contributed by atoms with Gasteiger partial charge in [-0.2, -0.15) is 17.0 Å². The number of amides is 1. The van der Waals surface area contributed by atoms with Gasteiger partial charge in [0.15, 0.2) is 0 Å². The van der Waals surface area contributed by atoms with Crippen molar-refractivity contribution in [1.82, 2.24) is 18.4 Å². The van der Waals surface area contributed by atoms with Gasteiger partial charge in [0.25, 0.3) is 10.2 Å². The van der Waals surface area contributed by atoms with Crippen LogP contribution in [0.2, 0.25) is 0 Å². The number of hydrogen-bond acceptors (Lipinski definition) is 5. The van der Waals surface area contributed by atoms with Crippen LogP contribution >= 0.6 is 0 Å². The predicted molar refractivity (Wildman–Crippen MR) is 107 cm³/mol. The van der Waals surface area contributed by atoms with Crippen LogP contribution in [0.5, 0.6) is 5.75 Å². The zero-order valence-corrected chi connectivity index (χ0v) is 17.3. The Morgan fingerprint density at radius 1 is 0.929 bits per heavy atom. The van der Waals surface area contributed by atoms with Crippen molar-refractivity contribution in [2.45, 2.75) is 12.8 Å². The van der Waals surface area contributed by atoms with Crippen molar-refractivity contribution in [3.05, 3.63) is 30.3 Å². The molecule has 1 amide bonds. The first-order valence-electron chi connectivity index (χ1n) is 9.86. The standard InChI is InChI=1S/C19H30N4O4S/c1-20-9-13-22(14-10-20)28(25,26)23-15-11-21(12-16-23)19(24)8-5-17-27-18-6-3-2-4-7-18/h2-4,6-7H,5,8-17H2,1H3. The molecule has 3 rings (SSSR count). The van der Waals surface area contributed by atoms with Crippen molar-refractivity contribution in [1.29, 1.82) is 0 Å². The first kappa shape index (κ1) is 21.0.